The Hall–Kier alpha value is 0.340. The fraction of sp³-hybridized carbons (Fsp3) is 1.00. The largest absolute Gasteiger partial charge is 0.262 e. The maximum atomic E-state index is 13.1. The van der Waals surface area contributed by atoms with Gasteiger partial charge in [0, 0.05) is 0 Å². The van der Waals surface area contributed by atoms with Crippen molar-refractivity contribution in [3.63, 3.8) is 0 Å². The molecule has 0 aliphatic heterocycles. The third kappa shape index (κ3) is 3.50. The number of halogens is 2. The third-order valence-corrected chi connectivity index (χ3v) is 1.92. The zero-order chi connectivity index (χ0) is 9.12. The summed E-state index contributed by atoms with van der Waals surface area (Å²) in [6.45, 7) is 1.05. The van der Waals surface area contributed by atoms with E-state index in [1.165, 1.54) is 0 Å². The van der Waals surface area contributed by atoms with Gasteiger partial charge in [-0.1, -0.05) is 0 Å². The minimum atomic E-state index is -2.75. The minimum Gasteiger partial charge on any atom is -0.262 e. The average molecular weight is 174 g/mol. The summed E-state index contributed by atoms with van der Waals surface area (Å²) in [5.41, 5.74) is -4.92. The highest BCUT2D eigenvalue weighted by Crippen LogP contribution is 2.29. The van der Waals surface area contributed by atoms with Gasteiger partial charge in [-0.05, 0) is 25.5 Å². The van der Waals surface area contributed by atoms with E-state index in [0.717, 1.165) is 6.92 Å². The molecule has 0 saturated carbocycles. The van der Waals surface area contributed by atoms with Gasteiger partial charge in [0.05, 0.1) is 5.47 Å². The fourth-order valence-electron chi connectivity index (χ4n) is 0.603. The van der Waals surface area contributed by atoms with Gasteiger partial charge in [-0.3, -0.25) is 4.39 Å². The number of rotatable bonds is 4. The zero-order valence-electron chi connectivity index (χ0n) is 6.48. The van der Waals surface area contributed by atoms with Crippen molar-refractivity contribution in [1.82, 2.24) is 0 Å². The molecule has 0 rings (SSSR count). The van der Waals surface area contributed by atoms with Crippen LogP contribution in [0.4, 0.5) is 8.78 Å². The molecule has 0 aliphatic carbocycles. The number of alkyl halides is 2. The van der Waals surface area contributed by atoms with Crippen LogP contribution >= 0.6 is 12.6 Å². The van der Waals surface area contributed by atoms with Gasteiger partial charge in [-0.2, -0.15) is 12.6 Å². The molecule has 0 spiro atoms. The molecule has 0 bridgehead atoms. The van der Waals surface area contributed by atoms with Gasteiger partial charge in [-0.25, -0.2) is 4.39 Å². The highest BCUT2D eigenvalue weighted by molar-refractivity contribution is 7.80. The monoisotopic (exact) mass is 174 g/mol. The Morgan fingerprint density at radius 2 is 1.82 bits per heavy atom. The van der Waals surface area contributed by atoms with Gasteiger partial charge in [-0.15, -0.1) is 0 Å². The quantitative estimate of drug-likeness (QED) is 0.482. The van der Waals surface area contributed by atoms with Crippen LogP contribution in [0, 0.1) is 0 Å². The summed E-state index contributed by atoms with van der Waals surface area (Å²) < 4.78 is 25.8. The first-order valence-electron chi connectivity index (χ1n) is 3.38. The minimum absolute atomic E-state index is 0.0139. The van der Waals surface area contributed by atoms with Gasteiger partial charge in [0.1, 0.15) is 21.4 Å². The van der Waals surface area contributed by atoms with Crippen LogP contribution in [0.2, 0.25) is 0 Å². The first-order valence-corrected chi connectivity index (χ1v) is 4.01. The molecule has 0 aromatic heterocycles. The first kappa shape index (κ1) is 11.3. The molecule has 0 heterocycles. The van der Waals surface area contributed by atoms with Crippen LogP contribution in [0.25, 0.3) is 0 Å². The van der Waals surface area contributed by atoms with E-state index in [2.05, 4.69) is 12.6 Å². The van der Waals surface area contributed by atoms with Gasteiger partial charge in [0.2, 0.25) is 0 Å². The van der Waals surface area contributed by atoms with E-state index < -0.39 is 11.1 Å². The van der Waals surface area contributed by atoms with E-state index in [9.17, 15) is 8.78 Å². The van der Waals surface area contributed by atoms with Crippen molar-refractivity contribution >= 4 is 28.3 Å². The van der Waals surface area contributed by atoms with Gasteiger partial charge in [0.15, 0.2) is 0 Å². The molecule has 0 nitrogen and oxygen atoms in total. The number of thiol groups is 1. The Kier molecular flexibility index (Phi) is 3.95. The lowest BCUT2D eigenvalue weighted by Gasteiger charge is -2.31. The van der Waals surface area contributed by atoms with Crippen molar-refractivity contribution < 1.29 is 8.78 Å². The highest BCUT2D eigenvalue weighted by atomic mass is 32.1. The molecule has 0 aliphatic rings. The van der Waals surface area contributed by atoms with Crippen LogP contribution < -0.4 is 0 Å². The van der Waals surface area contributed by atoms with E-state index in [1.54, 1.807) is 0 Å². The smallest absolute Gasteiger partial charge is 0.124 e. The van der Waals surface area contributed by atoms with Gasteiger partial charge in [0.25, 0.3) is 0 Å². The van der Waals surface area contributed by atoms with E-state index in [-0.39, 0.29) is 6.42 Å². The van der Waals surface area contributed by atoms with Crippen LogP contribution in [-0.2, 0) is 0 Å². The topological polar surface area (TPSA) is 0 Å². The Morgan fingerprint density at radius 3 is 2.09 bits per heavy atom. The van der Waals surface area contributed by atoms with Crippen molar-refractivity contribution in [3.05, 3.63) is 0 Å². The molecule has 1 unspecified atom stereocenters. The summed E-state index contributed by atoms with van der Waals surface area (Å²) in [4.78, 5) is 0. The molecule has 0 N–H and O–H groups in total. The molecule has 60 valence electrons. The molecule has 0 aromatic carbocycles. The van der Waals surface area contributed by atoms with E-state index in [0.29, 0.717) is 12.2 Å². The lowest BCUT2D eigenvalue weighted by Crippen LogP contribution is -2.46. The average Bonchev–Trinajstić information content (AvgIpc) is 1.81. The summed E-state index contributed by atoms with van der Waals surface area (Å²) in [6.07, 6.45) is 0.441. The summed E-state index contributed by atoms with van der Waals surface area (Å²) in [5, 5.41) is 0. The van der Waals surface area contributed by atoms with Crippen molar-refractivity contribution in [2.24, 2.45) is 0 Å². The molecular formula is C6H10B2F2S. The Labute approximate surface area is 74.4 Å². The first-order chi connectivity index (χ1) is 4.81. The van der Waals surface area contributed by atoms with Gasteiger partial charge < -0.3 is 0 Å². The summed E-state index contributed by atoms with van der Waals surface area (Å²) >= 11 is 3.86. The van der Waals surface area contributed by atoms with Gasteiger partial charge >= 0.3 is 0 Å². The van der Waals surface area contributed by atoms with Crippen LogP contribution in [0.1, 0.15) is 19.8 Å². The molecule has 0 aromatic rings. The van der Waals surface area contributed by atoms with Crippen molar-refractivity contribution in [3.8, 4) is 0 Å². The summed E-state index contributed by atoms with van der Waals surface area (Å²) in [6, 6.07) is 0. The normalized spacial score (nSPS) is 17.8. The predicted octanol–water partition coefficient (Wildman–Crippen LogP) is 1.38. The van der Waals surface area contributed by atoms with Crippen molar-refractivity contribution in [1.29, 1.82) is 0 Å². The Bertz CT molecular complexity index is 122. The third-order valence-electron chi connectivity index (χ3n) is 1.60. The lowest BCUT2D eigenvalue weighted by atomic mass is 9.58. The summed E-state index contributed by atoms with van der Waals surface area (Å²) in [5.74, 6) is 0.496. The molecule has 1 atom stereocenters. The number of hydrogen-bond acceptors (Lipinski definition) is 1. The molecule has 11 heavy (non-hydrogen) atoms. The van der Waals surface area contributed by atoms with Crippen LogP contribution in [0.5, 0.6) is 0 Å². The molecule has 0 fully saturated rings. The number of hydrogen-bond donors (Lipinski definition) is 1. The molecule has 0 saturated heterocycles. The SMILES string of the molecule is [B]C([B])(F)C(C)(F)CCCS. The maximum Gasteiger partial charge on any atom is 0.124 e. The second-order valence-electron chi connectivity index (χ2n) is 2.79. The molecule has 4 radical (unpaired) electrons. The predicted molar refractivity (Wildman–Crippen MR) is 47.9 cm³/mol. The molecule has 0 amide bonds. The van der Waals surface area contributed by atoms with Crippen molar-refractivity contribution in [2.75, 3.05) is 5.75 Å². The van der Waals surface area contributed by atoms with Crippen LogP contribution in [0.15, 0.2) is 0 Å². The molecular weight excluding hydrogens is 164 g/mol. The second-order valence-corrected chi connectivity index (χ2v) is 3.24. The lowest BCUT2D eigenvalue weighted by molar-refractivity contribution is 0.0791. The Morgan fingerprint density at radius 1 is 1.36 bits per heavy atom. The van der Waals surface area contributed by atoms with Crippen molar-refractivity contribution in [2.45, 2.75) is 30.9 Å². The standard InChI is InChI=1S/C6H10B2F2S/c1-5(9,3-2-4-11)6(7,8)10/h11H,2-4H2,1H3. The van der Waals surface area contributed by atoms with E-state index >= 15 is 0 Å². The molecule has 5 heteroatoms. The van der Waals surface area contributed by atoms with E-state index in [1.807, 2.05) is 0 Å². The maximum absolute atomic E-state index is 13.1. The van der Waals surface area contributed by atoms with E-state index in [4.69, 9.17) is 15.7 Å². The highest BCUT2D eigenvalue weighted by Gasteiger charge is 2.39. The van der Waals surface area contributed by atoms with Crippen LogP contribution in [-0.4, -0.2) is 32.6 Å². The zero-order valence-corrected chi connectivity index (χ0v) is 7.37. The van der Waals surface area contributed by atoms with Crippen LogP contribution in [0.3, 0.4) is 0 Å². The summed E-state index contributed by atoms with van der Waals surface area (Å²) in [7, 11) is 9.53. The Balaban J connectivity index is 4.00. The second kappa shape index (κ2) is 3.83. The fourth-order valence-corrected chi connectivity index (χ4v) is 0.761.